The maximum atomic E-state index is 11.0. The highest BCUT2D eigenvalue weighted by Crippen LogP contribution is 2.28. The third-order valence-corrected chi connectivity index (χ3v) is 3.81. The number of piperidine rings is 1. The summed E-state index contributed by atoms with van der Waals surface area (Å²) in [6.07, 6.45) is 2.15. The molecule has 0 aliphatic carbocycles. The van der Waals surface area contributed by atoms with Crippen LogP contribution in [0.5, 0.6) is 0 Å². The first-order chi connectivity index (χ1) is 8.99. The molecule has 1 heterocycles. The van der Waals surface area contributed by atoms with Crippen molar-refractivity contribution in [3.8, 4) is 0 Å². The molecule has 1 aromatic carbocycles. The first kappa shape index (κ1) is 13.7. The summed E-state index contributed by atoms with van der Waals surface area (Å²) in [6, 6.07) is 5.50. The smallest absolute Gasteiger partial charge is 0.335 e. The molecule has 0 saturated carbocycles. The minimum atomic E-state index is -0.913. The van der Waals surface area contributed by atoms with Gasteiger partial charge >= 0.3 is 5.97 Å². The van der Waals surface area contributed by atoms with E-state index in [1.807, 2.05) is 0 Å². The highest BCUT2D eigenvalue weighted by molar-refractivity contribution is 5.90. The van der Waals surface area contributed by atoms with Crippen LogP contribution in [0.15, 0.2) is 18.2 Å². The van der Waals surface area contributed by atoms with Crippen LogP contribution in [-0.4, -0.2) is 49.2 Å². The van der Waals surface area contributed by atoms with Gasteiger partial charge in [0, 0.05) is 19.1 Å². The summed E-state index contributed by atoms with van der Waals surface area (Å²) >= 11 is 0. The molecule has 0 bridgehead atoms. The molecule has 19 heavy (non-hydrogen) atoms. The van der Waals surface area contributed by atoms with Crippen LogP contribution in [0.3, 0.4) is 0 Å². The number of hydrogen-bond donors (Lipinski definition) is 2. The van der Waals surface area contributed by atoms with Crippen LogP contribution >= 0.6 is 0 Å². The highest BCUT2D eigenvalue weighted by atomic mass is 16.4. The number of anilines is 2. The quantitative estimate of drug-likeness (QED) is 0.809. The third kappa shape index (κ3) is 2.98. The first-order valence-electron chi connectivity index (χ1n) is 6.53. The molecule has 1 saturated heterocycles. The average molecular weight is 263 g/mol. The molecule has 0 amide bonds. The molecule has 5 nitrogen and oxygen atoms in total. The van der Waals surface area contributed by atoms with Gasteiger partial charge in [-0.15, -0.1) is 0 Å². The zero-order valence-electron chi connectivity index (χ0n) is 11.5. The second-order valence-corrected chi connectivity index (χ2v) is 5.26. The van der Waals surface area contributed by atoms with Crippen molar-refractivity contribution in [2.24, 2.45) is 0 Å². The number of carboxylic acid groups (broad SMARTS) is 1. The minimum absolute atomic E-state index is 0.291. The van der Waals surface area contributed by atoms with Crippen LogP contribution in [0.2, 0.25) is 0 Å². The molecular formula is C14H21N3O2. The third-order valence-electron chi connectivity index (χ3n) is 3.81. The fraction of sp³-hybridized carbons (Fsp3) is 0.500. The van der Waals surface area contributed by atoms with E-state index in [0.29, 0.717) is 17.3 Å². The van der Waals surface area contributed by atoms with Crippen LogP contribution in [0.4, 0.5) is 11.4 Å². The molecular weight excluding hydrogens is 242 g/mol. The lowest BCUT2D eigenvalue weighted by Crippen LogP contribution is -2.42. The Kier molecular flexibility index (Phi) is 3.95. The first-order valence-corrected chi connectivity index (χ1v) is 6.53. The Balaban J connectivity index is 2.15. The van der Waals surface area contributed by atoms with Gasteiger partial charge in [0.1, 0.15) is 0 Å². The van der Waals surface area contributed by atoms with E-state index in [1.165, 1.54) is 0 Å². The van der Waals surface area contributed by atoms with E-state index in [-0.39, 0.29) is 0 Å². The van der Waals surface area contributed by atoms with Gasteiger partial charge in [0.25, 0.3) is 0 Å². The predicted molar refractivity (Wildman–Crippen MR) is 76.7 cm³/mol. The van der Waals surface area contributed by atoms with Gasteiger partial charge < -0.3 is 20.6 Å². The molecule has 0 aromatic heterocycles. The Labute approximate surface area is 113 Å². The van der Waals surface area contributed by atoms with Crippen LogP contribution in [0, 0.1) is 0 Å². The summed E-state index contributed by atoms with van der Waals surface area (Å²) in [5.74, 6) is -0.913. The number of aromatic carboxylic acids is 1. The van der Waals surface area contributed by atoms with Crippen molar-refractivity contribution in [1.82, 2.24) is 4.90 Å². The lowest BCUT2D eigenvalue weighted by Gasteiger charge is -2.37. The number of nitrogen functional groups attached to an aromatic ring is 1. The molecule has 5 heteroatoms. The van der Waals surface area contributed by atoms with Gasteiger partial charge in [0.15, 0.2) is 0 Å². The van der Waals surface area contributed by atoms with Gasteiger partial charge in [-0.05, 0) is 45.1 Å². The number of carboxylic acids is 1. The Morgan fingerprint density at radius 3 is 2.53 bits per heavy atom. The summed E-state index contributed by atoms with van der Waals surface area (Å²) < 4.78 is 0. The summed E-state index contributed by atoms with van der Waals surface area (Å²) in [4.78, 5) is 15.4. The minimum Gasteiger partial charge on any atom is -0.478 e. The molecule has 1 aromatic rings. The maximum absolute atomic E-state index is 11.0. The zero-order chi connectivity index (χ0) is 14.0. The normalized spacial score (nSPS) is 16.9. The summed E-state index contributed by atoms with van der Waals surface area (Å²) in [5.41, 5.74) is 7.75. The predicted octanol–water partition coefficient (Wildman–Crippen LogP) is 1.50. The largest absolute Gasteiger partial charge is 0.478 e. The zero-order valence-corrected chi connectivity index (χ0v) is 11.5. The SMILES string of the molecule is CN(C)C1CCN(c2cc(C(=O)O)ccc2N)CC1. The monoisotopic (exact) mass is 263 g/mol. The van der Waals surface area contributed by atoms with Crippen LogP contribution in [0.25, 0.3) is 0 Å². The lowest BCUT2D eigenvalue weighted by atomic mass is 10.0. The Hall–Kier alpha value is -1.75. The molecule has 0 atom stereocenters. The van der Waals surface area contributed by atoms with Crippen molar-refractivity contribution in [2.45, 2.75) is 18.9 Å². The molecule has 0 unspecified atom stereocenters. The number of benzene rings is 1. The molecule has 2 rings (SSSR count). The van der Waals surface area contributed by atoms with Gasteiger partial charge in [-0.3, -0.25) is 0 Å². The van der Waals surface area contributed by atoms with E-state index >= 15 is 0 Å². The molecule has 3 N–H and O–H groups in total. The second kappa shape index (κ2) is 5.48. The summed E-state index contributed by atoms with van der Waals surface area (Å²) in [6.45, 7) is 1.83. The van der Waals surface area contributed by atoms with E-state index < -0.39 is 5.97 Å². The van der Waals surface area contributed by atoms with E-state index in [4.69, 9.17) is 10.8 Å². The molecule has 0 spiro atoms. The molecule has 1 aliphatic rings. The summed E-state index contributed by atoms with van der Waals surface area (Å²) in [7, 11) is 4.19. The standard InChI is InChI=1S/C14H21N3O2/c1-16(2)11-5-7-17(8-6-11)13-9-10(14(18)19)3-4-12(13)15/h3-4,9,11H,5-8,15H2,1-2H3,(H,18,19). The van der Waals surface area contributed by atoms with Crippen LogP contribution < -0.4 is 10.6 Å². The van der Waals surface area contributed by atoms with Gasteiger partial charge in [-0.25, -0.2) is 4.79 Å². The van der Waals surface area contributed by atoms with Gasteiger partial charge in [-0.1, -0.05) is 0 Å². The van der Waals surface area contributed by atoms with E-state index in [0.717, 1.165) is 31.6 Å². The van der Waals surface area contributed by atoms with Crippen molar-refractivity contribution in [1.29, 1.82) is 0 Å². The van der Waals surface area contributed by atoms with E-state index in [9.17, 15) is 4.79 Å². The number of carbonyl (C=O) groups is 1. The van der Waals surface area contributed by atoms with Crippen LogP contribution in [0.1, 0.15) is 23.2 Å². The second-order valence-electron chi connectivity index (χ2n) is 5.26. The van der Waals surface area contributed by atoms with Crippen molar-refractivity contribution < 1.29 is 9.90 Å². The Bertz CT molecular complexity index is 466. The Morgan fingerprint density at radius 2 is 2.00 bits per heavy atom. The topological polar surface area (TPSA) is 69.8 Å². The number of nitrogens with two attached hydrogens (primary N) is 1. The Morgan fingerprint density at radius 1 is 1.37 bits per heavy atom. The van der Waals surface area contributed by atoms with Crippen LogP contribution in [-0.2, 0) is 0 Å². The van der Waals surface area contributed by atoms with Crippen molar-refractivity contribution in [2.75, 3.05) is 37.8 Å². The number of hydrogen-bond acceptors (Lipinski definition) is 4. The molecule has 104 valence electrons. The lowest BCUT2D eigenvalue weighted by molar-refractivity contribution is 0.0697. The fourth-order valence-electron chi connectivity index (χ4n) is 2.57. The van der Waals surface area contributed by atoms with Crippen molar-refractivity contribution in [3.63, 3.8) is 0 Å². The van der Waals surface area contributed by atoms with Gasteiger partial charge in [0.05, 0.1) is 16.9 Å². The van der Waals surface area contributed by atoms with Crippen molar-refractivity contribution >= 4 is 17.3 Å². The number of nitrogens with zero attached hydrogens (tertiary/aromatic N) is 2. The van der Waals surface area contributed by atoms with Crippen molar-refractivity contribution in [3.05, 3.63) is 23.8 Å². The summed E-state index contributed by atoms with van der Waals surface area (Å²) in [5, 5.41) is 9.05. The highest BCUT2D eigenvalue weighted by Gasteiger charge is 2.22. The van der Waals surface area contributed by atoms with E-state index in [1.54, 1.807) is 18.2 Å². The molecule has 0 radical (unpaired) electrons. The maximum Gasteiger partial charge on any atom is 0.335 e. The van der Waals surface area contributed by atoms with E-state index in [2.05, 4.69) is 23.9 Å². The average Bonchev–Trinajstić information content (AvgIpc) is 2.39. The molecule has 1 aliphatic heterocycles. The molecule has 1 fully saturated rings. The van der Waals surface area contributed by atoms with Gasteiger partial charge in [-0.2, -0.15) is 0 Å². The number of rotatable bonds is 3. The fourth-order valence-corrected chi connectivity index (χ4v) is 2.57. The van der Waals surface area contributed by atoms with Gasteiger partial charge in [0.2, 0.25) is 0 Å².